The fourth-order valence-corrected chi connectivity index (χ4v) is 4.46. The maximum atomic E-state index is 12.0. The number of morpholine rings is 1. The molecule has 1 saturated heterocycles. The van der Waals surface area contributed by atoms with Crippen molar-refractivity contribution in [2.24, 2.45) is 7.05 Å². The van der Waals surface area contributed by atoms with Gasteiger partial charge in [-0.25, -0.2) is 13.1 Å². The summed E-state index contributed by atoms with van der Waals surface area (Å²) in [6.07, 6.45) is 0. The van der Waals surface area contributed by atoms with Gasteiger partial charge in [0.05, 0.1) is 23.8 Å². The third-order valence-electron chi connectivity index (χ3n) is 5.11. The normalized spacial score (nSPS) is 15.3. The molecule has 1 aromatic heterocycles. The van der Waals surface area contributed by atoms with Crippen LogP contribution in [0.2, 0.25) is 0 Å². The number of benzene rings is 1. The summed E-state index contributed by atoms with van der Waals surface area (Å²) < 4.78 is 33.9. The van der Waals surface area contributed by atoms with E-state index in [1.165, 1.54) is 12.6 Å². The van der Waals surface area contributed by atoms with Crippen molar-refractivity contribution in [1.29, 1.82) is 0 Å². The molecule has 2 heterocycles. The van der Waals surface area contributed by atoms with Crippen molar-refractivity contribution in [3.63, 3.8) is 0 Å². The standard InChI is InChI=1S/C20H31N5O3S/c1-15(2)19-18(20(24(4)23-19)25-8-10-28-11-9-25)14-22-13-16-6-5-7-17(12-16)29(26,27)21-3/h5-7,12,15,21-22H,8-11,13-14H2,1-4H3. The highest BCUT2D eigenvalue weighted by molar-refractivity contribution is 7.89. The Labute approximate surface area is 173 Å². The molecule has 0 spiro atoms. The molecule has 1 aromatic carbocycles. The van der Waals surface area contributed by atoms with Crippen molar-refractivity contribution in [1.82, 2.24) is 19.8 Å². The summed E-state index contributed by atoms with van der Waals surface area (Å²) in [5.74, 6) is 1.45. The van der Waals surface area contributed by atoms with Gasteiger partial charge in [-0.05, 0) is 30.7 Å². The lowest BCUT2D eigenvalue weighted by atomic mass is 10.0. The summed E-state index contributed by atoms with van der Waals surface area (Å²) in [6, 6.07) is 7.00. The van der Waals surface area contributed by atoms with Crippen LogP contribution in [0.15, 0.2) is 29.2 Å². The number of aryl methyl sites for hydroxylation is 1. The van der Waals surface area contributed by atoms with Crippen LogP contribution in [0.1, 0.15) is 36.6 Å². The Morgan fingerprint density at radius 2 is 1.93 bits per heavy atom. The lowest BCUT2D eigenvalue weighted by Crippen LogP contribution is -2.38. The first-order chi connectivity index (χ1) is 13.8. The van der Waals surface area contributed by atoms with Crippen LogP contribution < -0.4 is 14.9 Å². The number of nitrogens with zero attached hydrogens (tertiary/aromatic N) is 3. The van der Waals surface area contributed by atoms with Gasteiger partial charge in [0, 0.05) is 38.8 Å². The molecule has 8 nitrogen and oxygen atoms in total. The number of hydrogen-bond acceptors (Lipinski definition) is 6. The lowest BCUT2D eigenvalue weighted by molar-refractivity contribution is 0.122. The monoisotopic (exact) mass is 421 g/mol. The van der Waals surface area contributed by atoms with Crippen molar-refractivity contribution >= 4 is 15.8 Å². The third kappa shape index (κ3) is 4.98. The SMILES string of the molecule is CNS(=O)(=O)c1cccc(CNCc2c(C(C)C)nn(C)c2N2CCOCC2)c1. The van der Waals surface area contributed by atoms with E-state index in [9.17, 15) is 8.42 Å². The van der Waals surface area contributed by atoms with Crippen molar-refractivity contribution in [3.05, 3.63) is 41.1 Å². The number of nitrogens with one attached hydrogen (secondary N) is 2. The summed E-state index contributed by atoms with van der Waals surface area (Å²) in [4.78, 5) is 2.61. The highest BCUT2D eigenvalue weighted by Crippen LogP contribution is 2.29. The van der Waals surface area contributed by atoms with Gasteiger partial charge in [0.15, 0.2) is 0 Å². The molecule has 1 aliphatic rings. The Bertz CT molecular complexity index is 934. The van der Waals surface area contributed by atoms with Gasteiger partial charge >= 0.3 is 0 Å². The minimum absolute atomic E-state index is 0.276. The molecule has 0 radical (unpaired) electrons. The maximum absolute atomic E-state index is 12.0. The summed E-state index contributed by atoms with van der Waals surface area (Å²) >= 11 is 0. The van der Waals surface area contributed by atoms with Crippen molar-refractivity contribution in [2.75, 3.05) is 38.3 Å². The molecule has 1 aliphatic heterocycles. The number of ether oxygens (including phenoxy) is 1. The minimum atomic E-state index is -3.44. The molecule has 0 amide bonds. The van der Waals surface area contributed by atoms with E-state index in [2.05, 4.69) is 28.8 Å². The summed E-state index contributed by atoms with van der Waals surface area (Å²) in [5.41, 5.74) is 3.21. The highest BCUT2D eigenvalue weighted by atomic mass is 32.2. The Morgan fingerprint density at radius 3 is 2.59 bits per heavy atom. The Balaban J connectivity index is 1.77. The molecule has 29 heavy (non-hydrogen) atoms. The van der Waals surface area contributed by atoms with E-state index in [1.807, 2.05) is 17.8 Å². The van der Waals surface area contributed by atoms with Crippen LogP contribution in [-0.2, 0) is 34.9 Å². The fourth-order valence-electron chi connectivity index (χ4n) is 3.66. The number of anilines is 1. The Hall–Kier alpha value is -1.94. The number of rotatable bonds is 8. The second-order valence-electron chi connectivity index (χ2n) is 7.52. The zero-order valence-electron chi connectivity index (χ0n) is 17.6. The second-order valence-corrected chi connectivity index (χ2v) is 9.41. The zero-order chi connectivity index (χ0) is 21.0. The smallest absolute Gasteiger partial charge is 0.240 e. The second kappa shape index (κ2) is 9.25. The lowest BCUT2D eigenvalue weighted by Gasteiger charge is -2.29. The first kappa shape index (κ1) is 21.8. The van der Waals surface area contributed by atoms with Crippen LogP contribution in [0.25, 0.3) is 0 Å². The van der Waals surface area contributed by atoms with Gasteiger partial charge in [-0.15, -0.1) is 0 Å². The predicted molar refractivity (Wildman–Crippen MR) is 114 cm³/mol. The van der Waals surface area contributed by atoms with Crippen LogP contribution >= 0.6 is 0 Å². The summed E-state index contributed by atoms with van der Waals surface area (Å²) in [5, 5.41) is 8.25. The predicted octanol–water partition coefficient (Wildman–Crippen LogP) is 1.58. The van der Waals surface area contributed by atoms with Gasteiger partial charge < -0.3 is 15.0 Å². The number of hydrogen-bond donors (Lipinski definition) is 2. The van der Waals surface area contributed by atoms with Crippen molar-refractivity contribution in [2.45, 2.75) is 37.8 Å². The third-order valence-corrected chi connectivity index (χ3v) is 6.52. The number of sulfonamides is 1. The fraction of sp³-hybridized carbons (Fsp3) is 0.550. The van der Waals surface area contributed by atoms with Gasteiger partial charge in [0.2, 0.25) is 10.0 Å². The zero-order valence-corrected chi connectivity index (χ0v) is 18.4. The quantitative estimate of drug-likeness (QED) is 0.673. The molecule has 9 heteroatoms. The first-order valence-corrected chi connectivity index (χ1v) is 11.4. The largest absolute Gasteiger partial charge is 0.378 e. The van der Waals surface area contributed by atoms with E-state index >= 15 is 0 Å². The van der Waals surface area contributed by atoms with Gasteiger partial charge in [-0.1, -0.05) is 26.0 Å². The summed E-state index contributed by atoms with van der Waals surface area (Å²) in [7, 11) is -0.0311. The molecule has 3 rings (SSSR count). The first-order valence-electron chi connectivity index (χ1n) is 9.95. The maximum Gasteiger partial charge on any atom is 0.240 e. The van der Waals surface area contributed by atoms with E-state index in [0.29, 0.717) is 19.0 Å². The molecule has 0 bridgehead atoms. The molecule has 1 fully saturated rings. The molecule has 0 unspecified atom stereocenters. The average Bonchev–Trinajstić information content (AvgIpc) is 3.05. The highest BCUT2D eigenvalue weighted by Gasteiger charge is 2.24. The van der Waals surface area contributed by atoms with E-state index in [4.69, 9.17) is 9.84 Å². The molecular weight excluding hydrogens is 390 g/mol. The molecule has 0 aliphatic carbocycles. The molecule has 0 saturated carbocycles. The van der Waals surface area contributed by atoms with Gasteiger partial charge in [0.25, 0.3) is 0 Å². The van der Waals surface area contributed by atoms with Crippen LogP contribution in [0, 0.1) is 0 Å². The Morgan fingerprint density at radius 1 is 1.21 bits per heavy atom. The van der Waals surface area contributed by atoms with Crippen LogP contribution in [0.3, 0.4) is 0 Å². The van der Waals surface area contributed by atoms with Crippen molar-refractivity contribution in [3.8, 4) is 0 Å². The van der Waals surface area contributed by atoms with Gasteiger partial charge in [-0.2, -0.15) is 5.10 Å². The van der Waals surface area contributed by atoms with E-state index < -0.39 is 10.0 Å². The van der Waals surface area contributed by atoms with Crippen molar-refractivity contribution < 1.29 is 13.2 Å². The van der Waals surface area contributed by atoms with Crippen LogP contribution in [0.4, 0.5) is 5.82 Å². The van der Waals surface area contributed by atoms with E-state index in [0.717, 1.165) is 43.4 Å². The number of aromatic nitrogens is 2. The average molecular weight is 422 g/mol. The van der Waals surface area contributed by atoms with E-state index in [1.54, 1.807) is 18.2 Å². The van der Waals surface area contributed by atoms with Crippen LogP contribution in [0.5, 0.6) is 0 Å². The van der Waals surface area contributed by atoms with Crippen LogP contribution in [-0.4, -0.2) is 51.5 Å². The van der Waals surface area contributed by atoms with Gasteiger partial charge in [-0.3, -0.25) is 4.68 Å². The molecule has 0 atom stereocenters. The topological polar surface area (TPSA) is 88.5 Å². The molecular formula is C20H31N5O3S. The molecule has 160 valence electrons. The summed E-state index contributed by atoms with van der Waals surface area (Å²) in [6.45, 7) is 8.70. The van der Waals surface area contributed by atoms with Gasteiger partial charge in [0.1, 0.15) is 5.82 Å². The molecule has 2 aromatic rings. The van der Waals surface area contributed by atoms with E-state index in [-0.39, 0.29) is 4.90 Å². The molecule has 2 N–H and O–H groups in total. The Kier molecular flexibility index (Phi) is 6.94. The minimum Gasteiger partial charge on any atom is -0.378 e.